The lowest BCUT2D eigenvalue weighted by Crippen LogP contribution is -2.25. The minimum Gasteiger partial charge on any atom is -0.392 e. The molecular formula is C13H18FNO2S. The maximum atomic E-state index is 13.1. The van der Waals surface area contributed by atoms with Crippen LogP contribution in [0.5, 0.6) is 0 Å². The Balaban J connectivity index is 2.51. The average molecular weight is 271 g/mol. The van der Waals surface area contributed by atoms with Crippen LogP contribution in [0, 0.1) is 5.82 Å². The van der Waals surface area contributed by atoms with Gasteiger partial charge in [-0.1, -0.05) is 13.0 Å². The van der Waals surface area contributed by atoms with Crippen molar-refractivity contribution in [1.29, 1.82) is 0 Å². The molecule has 0 aliphatic rings. The van der Waals surface area contributed by atoms with Crippen LogP contribution in [-0.4, -0.2) is 22.5 Å². The fourth-order valence-electron chi connectivity index (χ4n) is 1.48. The van der Waals surface area contributed by atoms with Crippen LogP contribution in [-0.2, 0) is 17.9 Å². The van der Waals surface area contributed by atoms with Gasteiger partial charge in [0, 0.05) is 23.8 Å². The molecule has 0 saturated heterocycles. The van der Waals surface area contributed by atoms with Gasteiger partial charge in [0.15, 0.2) is 0 Å². The lowest BCUT2D eigenvalue weighted by Gasteiger charge is -2.10. The minimum absolute atomic E-state index is 0.0216. The van der Waals surface area contributed by atoms with Crippen LogP contribution < -0.4 is 5.32 Å². The predicted molar refractivity (Wildman–Crippen MR) is 71.8 cm³/mol. The standard InChI is InChI=1S/C13H18FNO2S/c1-9(18-2)5-13(17)15-7-10-3-4-12(14)11(6-10)8-16/h3-4,6,9,16H,5,7-8H2,1-2H3,(H,15,17). The Kier molecular flexibility index (Phi) is 6.15. The van der Waals surface area contributed by atoms with Crippen molar-refractivity contribution in [3.8, 4) is 0 Å². The molecule has 0 radical (unpaired) electrons. The summed E-state index contributed by atoms with van der Waals surface area (Å²) in [4.78, 5) is 11.6. The van der Waals surface area contributed by atoms with E-state index in [0.717, 1.165) is 5.56 Å². The van der Waals surface area contributed by atoms with E-state index in [-0.39, 0.29) is 23.3 Å². The number of hydrogen-bond acceptors (Lipinski definition) is 3. The highest BCUT2D eigenvalue weighted by molar-refractivity contribution is 7.99. The molecule has 0 aromatic heterocycles. The highest BCUT2D eigenvalue weighted by Gasteiger charge is 2.08. The first kappa shape index (κ1) is 15.0. The molecule has 0 spiro atoms. The lowest BCUT2D eigenvalue weighted by molar-refractivity contribution is -0.121. The Bertz CT molecular complexity index is 412. The van der Waals surface area contributed by atoms with Gasteiger partial charge in [0.1, 0.15) is 5.82 Å². The number of benzene rings is 1. The monoisotopic (exact) mass is 271 g/mol. The summed E-state index contributed by atoms with van der Waals surface area (Å²) < 4.78 is 13.1. The van der Waals surface area contributed by atoms with Crippen LogP contribution in [0.15, 0.2) is 18.2 Å². The van der Waals surface area contributed by atoms with E-state index in [9.17, 15) is 9.18 Å². The molecule has 100 valence electrons. The van der Waals surface area contributed by atoms with Gasteiger partial charge in [0.05, 0.1) is 6.61 Å². The summed E-state index contributed by atoms with van der Waals surface area (Å²) >= 11 is 1.64. The van der Waals surface area contributed by atoms with Crippen LogP contribution in [0.1, 0.15) is 24.5 Å². The van der Waals surface area contributed by atoms with Gasteiger partial charge in [-0.25, -0.2) is 4.39 Å². The van der Waals surface area contributed by atoms with Crippen molar-refractivity contribution in [3.63, 3.8) is 0 Å². The van der Waals surface area contributed by atoms with Crippen molar-refractivity contribution in [1.82, 2.24) is 5.32 Å². The molecule has 0 bridgehead atoms. The first-order valence-corrected chi connectivity index (χ1v) is 7.03. The molecule has 1 unspecified atom stereocenters. The number of thioether (sulfide) groups is 1. The summed E-state index contributed by atoms with van der Waals surface area (Å²) in [5.74, 6) is -0.449. The summed E-state index contributed by atoms with van der Waals surface area (Å²) in [5, 5.41) is 12.0. The largest absolute Gasteiger partial charge is 0.392 e. The molecule has 1 aromatic rings. The van der Waals surface area contributed by atoms with Crippen LogP contribution in [0.3, 0.4) is 0 Å². The Morgan fingerprint density at radius 2 is 2.28 bits per heavy atom. The molecule has 0 aliphatic carbocycles. The maximum absolute atomic E-state index is 13.1. The van der Waals surface area contributed by atoms with Crippen molar-refractivity contribution >= 4 is 17.7 Å². The third kappa shape index (κ3) is 4.66. The topological polar surface area (TPSA) is 49.3 Å². The fraction of sp³-hybridized carbons (Fsp3) is 0.462. The quantitative estimate of drug-likeness (QED) is 0.833. The summed E-state index contributed by atoms with van der Waals surface area (Å²) in [5.41, 5.74) is 1.03. The third-order valence-electron chi connectivity index (χ3n) is 2.65. The highest BCUT2D eigenvalue weighted by atomic mass is 32.2. The number of aliphatic hydroxyl groups excluding tert-OH is 1. The fourth-order valence-corrected chi connectivity index (χ4v) is 1.79. The first-order chi connectivity index (χ1) is 8.56. The van der Waals surface area contributed by atoms with E-state index in [0.29, 0.717) is 13.0 Å². The van der Waals surface area contributed by atoms with Gasteiger partial charge in [-0.2, -0.15) is 11.8 Å². The van der Waals surface area contributed by atoms with Crippen LogP contribution in [0.2, 0.25) is 0 Å². The minimum atomic E-state index is -0.427. The number of aliphatic hydroxyl groups is 1. The van der Waals surface area contributed by atoms with Gasteiger partial charge < -0.3 is 10.4 Å². The van der Waals surface area contributed by atoms with E-state index in [1.165, 1.54) is 6.07 Å². The Morgan fingerprint density at radius 1 is 1.56 bits per heavy atom. The van der Waals surface area contributed by atoms with E-state index in [1.54, 1.807) is 23.9 Å². The van der Waals surface area contributed by atoms with Gasteiger partial charge in [-0.15, -0.1) is 0 Å². The zero-order chi connectivity index (χ0) is 13.5. The van der Waals surface area contributed by atoms with Crippen molar-refractivity contribution in [2.45, 2.75) is 31.7 Å². The second-order valence-corrected chi connectivity index (χ2v) is 5.39. The Labute approximate surface area is 111 Å². The second-order valence-electron chi connectivity index (χ2n) is 4.11. The van der Waals surface area contributed by atoms with E-state index in [2.05, 4.69) is 5.32 Å². The van der Waals surface area contributed by atoms with Crippen molar-refractivity contribution < 1.29 is 14.3 Å². The van der Waals surface area contributed by atoms with E-state index in [4.69, 9.17) is 5.11 Å². The van der Waals surface area contributed by atoms with Gasteiger partial charge in [-0.3, -0.25) is 4.79 Å². The van der Waals surface area contributed by atoms with Gasteiger partial charge >= 0.3 is 0 Å². The predicted octanol–water partition coefficient (Wildman–Crippen LogP) is 2.08. The first-order valence-electron chi connectivity index (χ1n) is 5.74. The van der Waals surface area contributed by atoms with Crippen LogP contribution in [0.25, 0.3) is 0 Å². The van der Waals surface area contributed by atoms with E-state index in [1.807, 2.05) is 13.2 Å². The molecule has 1 amide bonds. The molecule has 0 saturated carbocycles. The van der Waals surface area contributed by atoms with Crippen LogP contribution in [0.4, 0.5) is 4.39 Å². The SMILES string of the molecule is CSC(C)CC(=O)NCc1ccc(F)c(CO)c1. The molecule has 5 heteroatoms. The molecule has 0 aliphatic heterocycles. The normalized spacial score (nSPS) is 12.2. The van der Waals surface area contributed by atoms with E-state index >= 15 is 0 Å². The summed E-state index contributed by atoms with van der Waals surface area (Å²) in [6.45, 7) is 2.01. The van der Waals surface area contributed by atoms with Crippen molar-refractivity contribution in [3.05, 3.63) is 35.1 Å². The van der Waals surface area contributed by atoms with Gasteiger partial charge in [0.25, 0.3) is 0 Å². The Morgan fingerprint density at radius 3 is 2.89 bits per heavy atom. The summed E-state index contributed by atoms with van der Waals surface area (Å²) in [6.07, 6.45) is 2.43. The van der Waals surface area contributed by atoms with Gasteiger partial charge in [0.2, 0.25) is 5.91 Å². The zero-order valence-electron chi connectivity index (χ0n) is 10.6. The molecule has 1 rings (SSSR count). The smallest absolute Gasteiger partial charge is 0.221 e. The molecule has 0 fully saturated rings. The molecule has 2 N–H and O–H groups in total. The Hall–Kier alpha value is -1.07. The number of rotatable bonds is 6. The number of hydrogen-bond donors (Lipinski definition) is 2. The van der Waals surface area contributed by atoms with Crippen molar-refractivity contribution in [2.75, 3.05) is 6.26 Å². The molecule has 0 heterocycles. The third-order valence-corrected chi connectivity index (χ3v) is 3.62. The number of carbonyl (C=O) groups excluding carboxylic acids is 1. The maximum Gasteiger partial charge on any atom is 0.221 e. The van der Waals surface area contributed by atoms with Crippen molar-refractivity contribution in [2.24, 2.45) is 0 Å². The highest BCUT2D eigenvalue weighted by Crippen LogP contribution is 2.11. The number of nitrogens with one attached hydrogen (secondary N) is 1. The van der Waals surface area contributed by atoms with E-state index < -0.39 is 5.82 Å². The summed E-state index contributed by atoms with van der Waals surface area (Å²) in [7, 11) is 0. The number of halogens is 1. The molecular weight excluding hydrogens is 253 g/mol. The number of carbonyl (C=O) groups is 1. The zero-order valence-corrected chi connectivity index (χ0v) is 11.4. The molecule has 3 nitrogen and oxygen atoms in total. The molecule has 1 aromatic carbocycles. The lowest BCUT2D eigenvalue weighted by atomic mass is 10.1. The average Bonchev–Trinajstić information content (AvgIpc) is 2.37. The summed E-state index contributed by atoms with van der Waals surface area (Å²) in [6, 6.07) is 4.47. The van der Waals surface area contributed by atoms with Crippen LogP contribution >= 0.6 is 11.8 Å². The molecule has 1 atom stereocenters. The molecule has 18 heavy (non-hydrogen) atoms. The number of amides is 1. The van der Waals surface area contributed by atoms with Gasteiger partial charge in [-0.05, 0) is 24.0 Å². The second kappa shape index (κ2) is 7.38.